The summed E-state index contributed by atoms with van der Waals surface area (Å²) in [6, 6.07) is 22.7. The van der Waals surface area contributed by atoms with Crippen LogP contribution in [-0.4, -0.2) is 11.9 Å². The maximum absolute atomic E-state index is 12.3. The van der Waals surface area contributed by atoms with E-state index in [2.05, 4.69) is 41.7 Å². The molecule has 120 valence electrons. The third-order valence-corrected chi connectivity index (χ3v) is 4.64. The second kappa shape index (κ2) is 6.10. The molecule has 1 aliphatic rings. The lowest BCUT2D eigenvalue weighted by atomic mass is 10.0. The molecule has 1 aliphatic carbocycles. The molecular weight excluding hydrogens is 296 g/mol. The minimum absolute atomic E-state index is 0.00107. The van der Waals surface area contributed by atoms with Gasteiger partial charge < -0.3 is 11.1 Å². The molecule has 0 spiro atoms. The van der Waals surface area contributed by atoms with Gasteiger partial charge in [-0.1, -0.05) is 54.6 Å². The summed E-state index contributed by atoms with van der Waals surface area (Å²) in [5.41, 5.74) is 8.98. The van der Waals surface area contributed by atoms with Crippen LogP contribution in [0.5, 0.6) is 0 Å². The van der Waals surface area contributed by atoms with Crippen molar-refractivity contribution in [1.29, 1.82) is 0 Å². The van der Waals surface area contributed by atoms with E-state index in [4.69, 9.17) is 5.73 Å². The van der Waals surface area contributed by atoms with Gasteiger partial charge in [0.2, 0.25) is 5.91 Å². The van der Waals surface area contributed by atoms with Gasteiger partial charge in [-0.15, -0.1) is 0 Å². The lowest BCUT2D eigenvalue weighted by molar-refractivity contribution is -0.115. The summed E-state index contributed by atoms with van der Waals surface area (Å²) in [5.74, 6) is 0.494. The number of hydrogen-bond acceptors (Lipinski definition) is 2. The first kappa shape index (κ1) is 14.9. The van der Waals surface area contributed by atoms with Crippen molar-refractivity contribution in [2.75, 3.05) is 5.32 Å². The molecule has 1 saturated carbocycles. The first-order chi connectivity index (χ1) is 11.7. The average molecular weight is 316 g/mol. The van der Waals surface area contributed by atoms with Crippen molar-refractivity contribution in [1.82, 2.24) is 0 Å². The Morgan fingerprint density at radius 2 is 1.71 bits per heavy atom. The van der Waals surface area contributed by atoms with Crippen LogP contribution < -0.4 is 11.1 Å². The minimum Gasteiger partial charge on any atom is -0.327 e. The molecule has 3 nitrogen and oxygen atoms in total. The molecule has 0 bridgehead atoms. The quantitative estimate of drug-likeness (QED) is 0.768. The Labute approximate surface area is 141 Å². The zero-order chi connectivity index (χ0) is 16.5. The molecule has 24 heavy (non-hydrogen) atoms. The lowest BCUT2D eigenvalue weighted by Crippen LogP contribution is -2.14. The Bertz CT molecular complexity index is 886. The SMILES string of the molecule is NC1CC1c1ccc(NC(=O)Cc2ccc3ccccc3c2)cc1. The molecule has 1 fully saturated rings. The van der Waals surface area contributed by atoms with Crippen molar-refractivity contribution in [2.45, 2.75) is 24.8 Å². The van der Waals surface area contributed by atoms with E-state index in [1.54, 1.807) is 0 Å². The van der Waals surface area contributed by atoms with Gasteiger partial charge in [-0.2, -0.15) is 0 Å². The molecule has 0 aliphatic heterocycles. The normalized spacial score (nSPS) is 19.2. The molecule has 3 N–H and O–H groups in total. The zero-order valence-electron chi connectivity index (χ0n) is 13.4. The Hall–Kier alpha value is -2.65. The highest BCUT2D eigenvalue weighted by molar-refractivity contribution is 5.93. The van der Waals surface area contributed by atoms with Gasteiger partial charge in [0.05, 0.1) is 6.42 Å². The fourth-order valence-corrected chi connectivity index (χ4v) is 3.15. The van der Waals surface area contributed by atoms with E-state index < -0.39 is 0 Å². The number of amides is 1. The fourth-order valence-electron chi connectivity index (χ4n) is 3.15. The predicted molar refractivity (Wildman–Crippen MR) is 98.1 cm³/mol. The number of hydrogen-bond donors (Lipinski definition) is 2. The van der Waals surface area contributed by atoms with Gasteiger partial charge in [-0.25, -0.2) is 0 Å². The molecule has 1 amide bonds. The van der Waals surface area contributed by atoms with Gasteiger partial charge in [0, 0.05) is 17.6 Å². The van der Waals surface area contributed by atoms with Gasteiger partial charge >= 0.3 is 0 Å². The summed E-state index contributed by atoms with van der Waals surface area (Å²) in [6.07, 6.45) is 1.44. The van der Waals surface area contributed by atoms with Crippen molar-refractivity contribution in [3.63, 3.8) is 0 Å². The second-order valence-corrected chi connectivity index (χ2v) is 6.53. The van der Waals surface area contributed by atoms with Crippen LogP contribution in [0.4, 0.5) is 5.69 Å². The highest BCUT2D eigenvalue weighted by atomic mass is 16.1. The Morgan fingerprint density at radius 1 is 1.00 bits per heavy atom. The Kier molecular flexibility index (Phi) is 3.79. The third kappa shape index (κ3) is 3.17. The second-order valence-electron chi connectivity index (χ2n) is 6.53. The fraction of sp³-hybridized carbons (Fsp3) is 0.190. The number of fused-ring (bicyclic) bond motifs is 1. The van der Waals surface area contributed by atoms with Gasteiger partial charge in [-0.3, -0.25) is 4.79 Å². The molecule has 3 aromatic carbocycles. The predicted octanol–water partition coefficient (Wildman–Crippen LogP) is 3.84. The minimum atomic E-state index is 0.00107. The molecule has 3 heteroatoms. The van der Waals surface area contributed by atoms with Crippen molar-refractivity contribution in [3.8, 4) is 0 Å². The van der Waals surface area contributed by atoms with Gasteiger partial charge in [0.25, 0.3) is 0 Å². The number of anilines is 1. The molecule has 0 radical (unpaired) electrons. The van der Waals surface area contributed by atoms with Crippen LogP contribution in [0, 0.1) is 0 Å². The number of benzene rings is 3. The van der Waals surface area contributed by atoms with E-state index in [0.717, 1.165) is 23.1 Å². The molecule has 2 atom stereocenters. The lowest BCUT2D eigenvalue weighted by Gasteiger charge is -2.07. The van der Waals surface area contributed by atoms with E-state index in [0.29, 0.717) is 18.4 Å². The maximum atomic E-state index is 12.3. The average Bonchev–Trinajstić information content (AvgIpc) is 3.32. The number of carbonyl (C=O) groups is 1. The molecule has 2 unspecified atom stereocenters. The number of nitrogens with two attached hydrogens (primary N) is 1. The van der Waals surface area contributed by atoms with E-state index in [9.17, 15) is 4.79 Å². The standard InChI is InChI=1S/C21H20N2O/c22-20-13-19(20)16-7-9-18(10-8-16)23-21(24)12-14-5-6-15-3-1-2-4-17(15)11-14/h1-11,19-20H,12-13,22H2,(H,23,24). The van der Waals surface area contributed by atoms with E-state index >= 15 is 0 Å². The van der Waals surface area contributed by atoms with Crippen molar-refractivity contribution in [3.05, 3.63) is 77.9 Å². The first-order valence-electron chi connectivity index (χ1n) is 8.32. The molecule has 4 rings (SSSR count). The number of carbonyl (C=O) groups excluding carboxylic acids is 1. The topological polar surface area (TPSA) is 55.1 Å². The van der Waals surface area contributed by atoms with Crippen molar-refractivity contribution in [2.24, 2.45) is 5.73 Å². The van der Waals surface area contributed by atoms with Crippen LogP contribution in [-0.2, 0) is 11.2 Å². The first-order valence-corrected chi connectivity index (χ1v) is 8.32. The Morgan fingerprint density at radius 3 is 2.42 bits per heavy atom. The van der Waals surface area contributed by atoms with Crippen LogP contribution in [0.15, 0.2) is 66.7 Å². The van der Waals surface area contributed by atoms with Gasteiger partial charge in [-0.05, 0) is 40.5 Å². The summed E-state index contributed by atoms with van der Waals surface area (Å²) in [5, 5.41) is 5.32. The van der Waals surface area contributed by atoms with Crippen LogP contribution in [0.1, 0.15) is 23.5 Å². The van der Waals surface area contributed by atoms with Crippen LogP contribution in [0.2, 0.25) is 0 Å². The van der Waals surface area contributed by atoms with Gasteiger partial charge in [0.1, 0.15) is 0 Å². The molecular formula is C21H20N2O. The van der Waals surface area contributed by atoms with Crippen molar-refractivity contribution >= 4 is 22.4 Å². The largest absolute Gasteiger partial charge is 0.327 e. The molecule has 0 saturated heterocycles. The number of rotatable bonds is 4. The Balaban J connectivity index is 1.41. The van der Waals surface area contributed by atoms with E-state index in [1.165, 1.54) is 10.9 Å². The molecule has 3 aromatic rings. The zero-order valence-corrected chi connectivity index (χ0v) is 13.4. The van der Waals surface area contributed by atoms with Crippen LogP contribution >= 0.6 is 0 Å². The highest BCUT2D eigenvalue weighted by Gasteiger charge is 2.34. The smallest absolute Gasteiger partial charge is 0.228 e. The maximum Gasteiger partial charge on any atom is 0.228 e. The van der Waals surface area contributed by atoms with Gasteiger partial charge in [0.15, 0.2) is 0 Å². The van der Waals surface area contributed by atoms with Crippen molar-refractivity contribution < 1.29 is 4.79 Å². The number of nitrogens with one attached hydrogen (secondary N) is 1. The molecule has 0 heterocycles. The monoisotopic (exact) mass is 316 g/mol. The summed E-state index contributed by atoms with van der Waals surface area (Å²) >= 11 is 0. The van der Waals surface area contributed by atoms with Crippen LogP contribution in [0.25, 0.3) is 10.8 Å². The highest BCUT2D eigenvalue weighted by Crippen LogP contribution is 2.39. The summed E-state index contributed by atoms with van der Waals surface area (Å²) in [4.78, 5) is 12.3. The summed E-state index contributed by atoms with van der Waals surface area (Å²) < 4.78 is 0. The summed E-state index contributed by atoms with van der Waals surface area (Å²) in [7, 11) is 0. The van der Waals surface area contributed by atoms with Crippen LogP contribution in [0.3, 0.4) is 0 Å². The van der Waals surface area contributed by atoms with E-state index in [-0.39, 0.29) is 5.91 Å². The van der Waals surface area contributed by atoms with E-state index in [1.807, 2.05) is 30.3 Å². The summed E-state index contributed by atoms with van der Waals surface area (Å²) in [6.45, 7) is 0. The molecule has 0 aromatic heterocycles. The third-order valence-electron chi connectivity index (χ3n) is 4.64.